The molecule has 38 heavy (non-hydrogen) atoms. The minimum atomic E-state index is -0.801. The van der Waals surface area contributed by atoms with Gasteiger partial charge in [0.15, 0.2) is 0 Å². The Morgan fingerprint density at radius 1 is 0.842 bits per heavy atom. The van der Waals surface area contributed by atoms with Gasteiger partial charge in [0.1, 0.15) is 6.61 Å². The first-order valence-corrected chi connectivity index (χ1v) is 13.1. The Balaban J connectivity index is 3.75. The molecule has 0 aliphatic rings. The number of carbonyl (C=O) groups is 2. The number of hydrogen-bond acceptors (Lipinski definition) is 4. The number of rotatable bonds is 17. The van der Waals surface area contributed by atoms with Crippen LogP contribution in [-0.2, 0) is 9.53 Å². The molecule has 0 spiro atoms. The summed E-state index contributed by atoms with van der Waals surface area (Å²) in [5.41, 5.74) is 5.51. The van der Waals surface area contributed by atoms with Crippen molar-refractivity contribution in [2.75, 3.05) is 27.2 Å². The summed E-state index contributed by atoms with van der Waals surface area (Å²) in [6.45, 7) is 2.33. The van der Waals surface area contributed by atoms with Crippen LogP contribution in [0.25, 0.3) is 0 Å². The fourth-order valence-corrected chi connectivity index (χ4v) is 2.66. The van der Waals surface area contributed by atoms with Crippen LogP contribution in [0.5, 0.6) is 0 Å². The van der Waals surface area contributed by atoms with Gasteiger partial charge in [-0.1, -0.05) is 79.8 Å². The van der Waals surface area contributed by atoms with Crippen LogP contribution in [0.15, 0.2) is 77.9 Å². The molecule has 0 radical (unpaired) electrons. The normalized spacial score (nSPS) is 12.6. The van der Waals surface area contributed by atoms with Gasteiger partial charge in [-0.15, -0.1) is 0 Å². The number of nitrogens with two attached hydrogens (primary N) is 1. The van der Waals surface area contributed by atoms with Crippen molar-refractivity contribution in [2.24, 2.45) is 10.7 Å². The van der Waals surface area contributed by atoms with E-state index in [0.29, 0.717) is 12.8 Å². The number of nitrogens with zero attached hydrogens (tertiary/aromatic N) is 2. The Bertz CT molecular complexity index is 883. The molecule has 0 heterocycles. The van der Waals surface area contributed by atoms with Crippen LogP contribution in [0, 0.1) is 5.41 Å². The Morgan fingerprint density at radius 2 is 1.32 bits per heavy atom. The van der Waals surface area contributed by atoms with Gasteiger partial charge in [0.25, 0.3) is 0 Å². The molecule has 5 N–H and O–H groups in total. The maximum absolute atomic E-state index is 11.8. The fraction of sp³-hybridized carbons (Fsp3) is 0.448. The van der Waals surface area contributed by atoms with E-state index in [1.807, 2.05) is 12.2 Å². The molecule has 9 heteroatoms. The van der Waals surface area contributed by atoms with Gasteiger partial charge >= 0.3 is 6.09 Å². The largest absolute Gasteiger partial charge is 0.447 e. The van der Waals surface area contributed by atoms with Gasteiger partial charge in [-0.2, -0.15) is 4.99 Å². The van der Waals surface area contributed by atoms with E-state index >= 15 is 0 Å². The van der Waals surface area contributed by atoms with E-state index in [2.05, 4.69) is 83.3 Å². The molecule has 210 valence electrons. The van der Waals surface area contributed by atoms with Crippen LogP contribution in [0.3, 0.4) is 0 Å². The molecule has 0 aromatic rings. The molecule has 0 fully saturated rings. The molecular weight excluding hydrogens is 480 g/mol. The number of alkyl carbamates (subject to hydrolysis) is 1. The maximum Gasteiger partial charge on any atom is 0.414 e. The molecule has 9 nitrogen and oxygen atoms in total. The van der Waals surface area contributed by atoms with Crippen LogP contribution in [-0.4, -0.2) is 56.1 Å². The summed E-state index contributed by atoms with van der Waals surface area (Å²) in [4.78, 5) is 28.5. The smallest absolute Gasteiger partial charge is 0.414 e. The number of hydrogen-bond donors (Lipinski definition) is 4. The number of amides is 2. The van der Waals surface area contributed by atoms with Crippen molar-refractivity contribution in [3.05, 3.63) is 72.9 Å². The summed E-state index contributed by atoms with van der Waals surface area (Å²) in [6.07, 6.45) is 31.7. The lowest BCUT2D eigenvalue weighted by atomic mass is 10.2. The van der Waals surface area contributed by atoms with E-state index in [4.69, 9.17) is 15.9 Å². The molecule has 0 saturated heterocycles. The number of nitrogens with one attached hydrogen (secondary N) is 3. The summed E-state index contributed by atoms with van der Waals surface area (Å²) in [6, 6.07) is 0. The lowest BCUT2D eigenvalue weighted by Crippen LogP contribution is -2.39. The van der Waals surface area contributed by atoms with Crippen molar-refractivity contribution >= 4 is 23.9 Å². The summed E-state index contributed by atoms with van der Waals surface area (Å²) >= 11 is 0. The highest BCUT2D eigenvalue weighted by atomic mass is 16.5. The molecule has 0 aromatic heterocycles. The maximum atomic E-state index is 11.8. The van der Waals surface area contributed by atoms with Crippen LogP contribution in [0.4, 0.5) is 4.79 Å². The molecule has 0 bridgehead atoms. The third-order valence-electron chi connectivity index (χ3n) is 4.67. The van der Waals surface area contributed by atoms with E-state index in [-0.39, 0.29) is 31.0 Å². The monoisotopic (exact) mass is 526 g/mol. The highest BCUT2D eigenvalue weighted by Gasteiger charge is 2.06. The molecule has 0 unspecified atom stereocenters. The van der Waals surface area contributed by atoms with Gasteiger partial charge in [0, 0.05) is 20.5 Å². The fourth-order valence-electron chi connectivity index (χ4n) is 2.66. The first-order chi connectivity index (χ1) is 18.4. The Kier molecular flexibility index (Phi) is 22.3. The molecule has 0 saturated carbocycles. The Labute approximate surface area is 228 Å². The second-order valence-corrected chi connectivity index (χ2v) is 8.28. The van der Waals surface area contributed by atoms with Crippen molar-refractivity contribution in [3.8, 4) is 0 Å². The summed E-state index contributed by atoms with van der Waals surface area (Å²) in [7, 11) is 3.25. The predicted octanol–water partition coefficient (Wildman–Crippen LogP) is 5.12. The lowest BCUT2D eigenvalue weighted by Gasteiger charge is -2.10. The van der Waals surface area contributed by atoms with Gasteiger partial charge in [0.05, 0.1) is 6.54 Å². The van der Waals surface area contributed by atoms with E-state index in [9.17, 15) is 9.59 Å². The van der Waals surface area contributed by atoms with Crippen LogP contribution < -0.4 is 16.4 Å². The van der Waals surface area contributed by atoms with Crippen LogP contribution in [0.1, 0.15) is 58.3 Å². The Hall–Kier alpha value is -3.88. The van der Waals surface area contributed by atoms with Gasteiger partial charge in [-0.05, 0) is 44.9 Å². The van der Waals surface area contributed by atoms with E-state index in [0.717, 1.165) is 38.5 Å². The first kappa shape index (κ1) is 34.1. The molecule has 0 aromatic carbocycles. The van der Waals surface area contributed by atoms with Crippen molar-refractivity contribution in [3.63, 3.8) is 0 Å². The Morgan fingerprint density at radius 3 is 1.79 bits per heavy atom. The van der Waals surface area contributed by atoms with Crippen molar-refractivity contribution in [2.45, 2.75) is 58.3 Å². The van der Waals surface area contributed by atoms with Gasteiger partial charge in [-0.25, -0.2) is 4.79 Å². The SMILES string of the molecule is CC/C=C\C/C=C\C/C=C\C/C=C\C/C=C\C/C=C\CCC(=O)NCCOC(=O)NC(N)=NC(=N)N(C)C. The second-order valence-electron chi connectivity index (χ2n) is 8.28. The van der Waals surface area contributed by atoms with Crippen LogP contribution >= 0.6 is 0 Å². The molecular formula is C29H46N6O3. The quantitative estimate of drug-likeness (QED) is 0.0904. The highest BCUT2D eigenvalue weighted by Crippen LogP contribution is 1.98. The van der Waals surface area contributed by atoms with Gasteiger partial charge < -0.3 is 20.7 Å². The first-order valence-electron chi connectivity index (χ1n) is 13.1. The molecule has 2 amide bonds. The van der Waals surface area contributed by atoms with Crippen molar-refractivity contribution < 1.29 is 14.3 Å². The van der Waals surface area contributed by atoms with E-state index in [1.165, 1.54) is 4.90 Å². The summed E-state index contributed by atoms with van der Waals surface area (Å²) in [5, 5.41) is 12.4. The van der Waals surface area contributed by atoms with E-state index < -0.39 is 6.09 Å². The minimum absolute atomic E-state index is 0.00408. The zero-order chi connectivity index (χ0) is 28.3. The zero-order valence-corrected chi connectivity index (χ0v) is 23.2. The summed E-state index contributed by atoms with van der Waals surface area (Å²) in [5.74, 6) is -0.467. The number of aliphatic imine (C=N–C) groups is 1. The zero-order valence-electron chi connectivity index (χ0n) is 23.2. The van der Waals surface area contributed by atoms with Crippen molar-refractivity contribution in [1.82, 2.24) is 15.5 Å². The third-order valence-corrected chi connectivity index (χ3v) is 4.67. The van der Waals surface area contributed by atoms with Gasteiger partial charge in [-0.3, -0.25) is 15.5 Å². The molecule has 0 atom stereocenters. The van der Waals surface area contributed by atoms with Crippen molar-refractivity contribution in [1.29, 1.82) is 5.41 Å². The standard InChI is InChI=1S/C29H46N6O3/c1-4-5-6-7-8-9-10-11-12-13-14-15-16-17-18-19-20-21-22-23-26(36)32-24-25-38-29(37)34-27(30)33-28(31)35(2)3/h5-6,8-9,11-12,14-15,17-18,20-21H,4,7,10,13,16,19,22-25H2,1-3H3,(H,32,36)(H4,30,31,33,34,37)/b6-5-,9-8-,12-11-,15-14-,18-17-,21-20-. The number of guanidine groups is 2. The molecule has 0 rings (SSSR count). The minimum Gasteiger partial charge on any atom is -0.447 e. The topological polar surface area (TPSA) is 133 Å². The average Bonchev–Trinajstić information content (AvgIpc) is 2.87. The van der Waals surface area contributed by atoms with Gasteiger partial charge in [0.2, 0.25) is 17.8 Å². The second kappa shape index (κ2) is 24.8. The molecule has 0 aliphatic heterocycles. The number of ether oxygens (including phenoxy) is 1. The average molecular weight is 527 g/mol. The van der Waals surface area contributed by atoms with Crippen LogP contribution in [0.2, 0.25) is 0 Å². The predicted molar refractivity (Wildman–Crippen MR) is 158 cm³/mol. The lowest BCUT2D eigenvalue weighted by molar-refractivity contribution is -0.121. The third kappa shape index (κ3) is 23.8. The number of allylic oxidation sites excluding steroid dienone is 12. The highest BCUT2D eigenvalue weighted by molar-refractivity contribution is 5.99. The van der Waals surface area contributed by atoms with E-state index in [1.54, 1.807) is 14.1 Å². The molecule has 0 aliphatic carbocycles. The summed E-state index contributed by atoms with van der Waals surface area (Å²) < 4.78 is 4.91. The number of carbonyl (C=O) groups excluding carboxylic acids is 2.